The van der Waals surface area contributed by atoms with Gasteiger partial charge in [-0.3, -0.25) is 4.90 Å². The minimum Gasteiger partial charge on any atom is -0.312 e. The molecule has 1 aromatic carbocycles. The number of nitrogens with one attached hydrogen (secondary N) is 1. The zero-order valence-corrected chi connectivity index (χ0v) is 13.2. The Balaban J connectivity index is 1.69. The molecule has 0 radical (unpaired) electrons. The molecule has 1 N–H and O–H groups in total. The van der Waals surface area contributed by atoms with Crippen molar-refractivity contribution in [3.05, 3.63) is 34.9 Å². The molecule has 0 aliphatic heterocycles. The van der Waals surface area contributed by atoms with Gasteiger partial charge in [0.1, 0.15) is 0 Å². The summed E-state index contributed by atoms with van der Waals surface area (Å²) in [4.78, 5) is 2.74. The maximum absolute atomic E-state index is 3.53. The van der Waals surface area contributed by atoms with E-state index in [9.17, 15) is 0 Å². The van der Waals surface area contributed by atoms with E-state index >= 15 is 0 Å². The lowest BCUT2D eigenvalue weighted by Gasteiger charge is -2.28. The number of aryl methyl sites for hydroxylation is 2. The first-order chi connectivity index (χ1) is 9.67. The monoisotopic (exact) mass is 272 g/mol. The zero-order chi connectivity index (χ0) is 14.1. The Morgan fingerprint density at radius 2 is 1.90 bits per heavy atom. The normalized spacial score (nSPS) is 20.4. The standard InChI is InChI=1S/C18H28N2/c1-13-4-7-16(10-14(13)2)18(19-3)12-20(17-8-9-17)11-15-5-6-15/h4,7,10,15,17-19H,5-6,8-9,11-12H2,1-3H3. The molecule has 2 nitrogen and oxygen atoms in total. The largest absolute Gasteiger partial charge is 0.312 e. The fourth-order valence-electron chi connectivity index (χ4n) is 3.02. The third kappa shape index (κ3) is 3.42. The Hall–Kier alpha value is -0.860. The fraction of sp³-hybridized carbons (Fsp3) is 0.667. The molecular weight excluding hydrogens is 244 g/mol. The molecule has 1 atom stereocenters. The van der Waals surface area contributed by atoms with Gasteiger partial charge < -0.3 is 5.32 Å². The van der Waals surface area contributed by atoms with Crippen LogP contribution in [0.3, 0.4) is 0 Å². The van der Waals surface area contributed by atoms with Gasteiger partial charge >= 0.3 is 0 Å². The van der Waals surface area contributed by atoms with Gasteiger partial charge in [0.15, 0.2) is 0 Å². The van der Waals surface area contributed by atoms with Crippen molar-refractivity contribution in [2.45, 2.75) is 51.6 Å². The predicted molar refractivity (Wildman–Crippen MR) is 85.0 cm³/mol. The summed E-state index contributed by atoms with van der Waals surface area (Å²) < 4.78 is 0. The van der Waals surface area contributed by atoms with Crippen LogP contribution in [0.2, 0.25) is 0 Å². The molecule has 0 aromatic heterocycles. The minimum atomic E-state index is 0.466. The summed E-state index contributed by atoms with van der Waals surface area (Å²) in [5.74, 6) is 0.993. The van der Waals surface area contributed by atoms with E-state index in [2.05, 4.69) is 49.3 Å². The van der Waals surface area contributed by atoms with Crippen LogP contribution in [-0.4, -0.2) is 31.1 Å². The number of rotatable bonds is 7. The summed E-state index contributed by atoms with van der Waals surface area (Å²) in [6.07, 6.45) is 5.74. The van der Waals surface area contributed by atoms with Crippen LogP contribution in [0.25, 0.3) is 0 Å². The van der Waals surface area contributed by atoms with Gasteiger partial charge in [-0.2, -0.15) is 0 Å². The average Bonchev–Trinajstić information content (AvgIpc) is 3.29. The lowest BCUT2D eigenvalue weighted by molar-refractivity contribution is 0.227. The quantitative estimate of drug-likeness (QED) is 0.818. The SMILES string of the molecule is CNC(CN(CC1CC1)C1CC1)c1ccc(C)c(C)c1. The van der Waals surface area contributed by atoms with Gasteiger partial charge in [0.25, 0.3) is 0 Å². The molecule has 110 valence electrons. The Morgan fingerprint density at radius 3 is 2.45 bits per heavy atom. The molecule has 0 amide bonds. The predicted octanol–water partition coefficient (Wildman–Crippen LogP) is 3.44. The van der Waals surface area contributed by atoms with Crippen molar-refractivity contribution < 1.29 is 0 Å². The van der Waals surface area contributed by atoms with Crippen molar-refractivity contribution in [3.8, 4) is 0 Å². The second-order valence-electron chi connectivity index (χ2n) is 6.81. The highest BCUT2D eigenvalue weighted by atomic mass is 15.2. The number of hydrogen-bond donors (Lipinski definition) is 1. The highest BCUT2D eigenvalue weighted by Gasteiger charge is 2.34. The van der Waals surface area contributed by atoms with E-state index in [1.807, 2.05) is 0 Å². The summed E-state index contributed by atoms with van der Waals surface area (Å²) in [6.45, 7) is 6.90. The molecule has 2 aliphatic carbocycles. The molecule has 0 spiro atoms. The molecule has 2 saturated carbocycles. The van der Waals surface area contributed by atoms with Gasteiger partial charge in [0.05, 0.1) is 0 Å². The zero-order valence-electron chi connectivity index (χ0n) is 13.2. The van der Waals surface area contributed by atoms with E-state index < -0.39 is 0 Å². The third-order valence-corrected chi connectivity index (χ3v) is 4.95. The maximum Gasteiger partial charge on any atom is 0.0447 e. The third-order valence-electron chi connectivity index (χ3n) is 4.95. The van der Waals surface area contributed by atoms with Crippen LogP contribution < -0.4 is 5.32 Å². The first kappa shape index (κ1) is 14.1. The van der Waals surface area contributed by atoms with Gasteiger partial charge in [0.2, 0.25) is 0 Å². The second kappa shape index (κ2) is 5.87. The lowest BCUT2D eigenvalue weighted by Crippen LogP contribution is -2.36. The van der Waals surface area contributed by atoms with Gasteiger partial charge in [-0.25, -0.2) is 0 Å². The van der Waals surface area contributed by atoms with Crippen LogP contribution in [0.4, 0.5) is 0 Å². The smallest absolute Gasteiger partial charge is 0.0447 e. The lowest BCUT2D eigenvalue weighted by atomic mass is 10.0. The fourth-order valence-corrected chi connectivity index (χ4v) is 3.02. The van der Waals surface area contributed by atoms with E-state index in [1.54, 1.807) is 0 Å². The number of likely N-dealkylation sites (N-methyl/N-ethyl adjacent to an activating group) is 1. The van der Waals surface area contributed by atoms with E-state index in [0.717, 1.165) is 12.0 Å². The molecule has 20 heavy (non-hydrogen) atoms. The van der Waals surface area contributed by atoms with Crippen LogP contribution in [0.5, 0.6) is 0 Å². The van der Waals surface area contributed by atoms with Crippen LogP contribution in [0.15, 0.2) is 18.2 Å². The number of benzene rings is 1. The molecule has 1 unspecified atom stereocenters. The van der Waals surface area contributed by atoms with Gasteiger partial charge in [-0.15, -0.1) is 0 Å². The van der Waals surface area contributed by atoms with Crippen LogP contribution in [-0.2, 0) is 0 Å². The van der Waals surface area contributed by atoms with Gasteiger partial charge in [-0.05, 0) is 69.2 Å². The summed E-state index contributed by atoms with van der Waals surface area (Å²) in [7, 11) is 2.10. The summed E-state index contributed by atoms with van der Waals surface area (Å²) in [5.41, 5.74) is 4.24. The second-order valence-corrected chi connectivity index (χ2v) is 6.81. The molecule has 0 heterocycles. The summed E-state index contributed by atoms with van der Waals surface area (Å²) >= 11 is 0. The molecular formula is C18H28N2. The van der Waals surface area contributed by atoms with Crippen molar-refractivity contribution in [1.29, 1.82) is 0 Å². The minimum absolute atomic E-state index is 0.466. The Bertz CT molecular complexity index is 460. The van der Waals surface area contributed by atoms with Crippen molar-refractivity contribution in [2.24, 2.45) is 5.92 Å². The molecule has 1 aromatic rings. The Labute approximate surface area is 123 Å². The van der Waals surface area contributed by atoms with Gasteiger partial charge in [0, 0.05) is 25.2 Å². The molecule has 2 heteroatoms. The highest BCUT2D eigenvalue weighted by molar-refractivity contribution is 5.32. The topological polar surface area (TPSA) is 15.3 Å². The highest BCUT2D eigenvalue weighted by Crippen LogP contribution is 2.35. The number of nitrogens with zero attached hydrogens (tertiary/aromatic N) is 1. The van der Waals surface area contributed by atoms with Crippen LogP contribution in [0.1, 0.15) is 48.4 Å². The molecule has 2 aliphatic rings. The van der Waals surface area contributed by atoms with E-state index in [-0.39, 0.29) is 0 Å². The Kier molecular flexibility index (Phi) is 4.13. The van der Waals surface area contributed by atoms with Crippen molar-refractivity contribution in [2.75, 3.05) is 20.1 Å². The number of hydrogen-bond acceptors (Lipinski definition) is 2. The average molecular weight is 272 g/mol. The Morgan fingerprint density at radius 1 is 1.15 bits per heavy atom. The van der Waals surface area contributed by atoms with E-state index in [4.69, 9.17) is 0 Å². The summed E-state index contributed by atoms with van der Waals surface area (Å²) in [5, 5.41) is 3.53. The van der Waals surface area contributed by atoms with Crippen LogP contribution in [0, 0.1) is 19.8 Å². The first-order valence-corrected chi connectivity index (χ1v) is 8.16. The van der Waals surface area contributed by atoms with E-state index in [1.165, 1.54) is 55.5 Å². The van der Waals surface area contributed by atoms with E-state index in [0.29, 0.717) is 6.04 Å². The van der Waals surface area contributed by atoms with Crippen LogP contribution >= 0.6 is 0 Å². The van der Waals surface area contributed by atoms with Crippen molar-refractivity contribution in [3.63, 3.8) is 0 Å². The van der Waals surface area contributed by atoms with Crippen molar-refractivity contribution in [1.82, 2.24) is 10.2 Å². The first-order valence-electron chi connectivity index (χ1n) is 8.16. The summed E-state index contributed by atoms with van der Waals surface area (Å²) in [6, 6.07) is 8.26. The van der Waals surface area contributed by atoms with Gasteiger partial charge in [-0.1, -0.05) is 18.2 Å². The maximum atomic E-state index is 3.53. The van der Waals surface area contributed by atoms with Crippen molar-refractivity contribution >= 4 is 0 Å². The molecule has 0 bridgehead atoms. The molecule has 2 fully saturated rings. The molecule has 3 rings (SSSR count). The molecule has 0 saturated heterocycles.